The number of carbonyl (C=O) groups excluding carboxylic acids is 1. The van der Waals surface area contributed by atoms with Crippen molar-refractivity contribution in [3.05, 3.63) is 69.7 Å². The van der Waals surface area contributed by atoms with E-state index in [1.807, 2.05) is 6.92 Å². The van der Waals surface area contributed by atoms with Crippen molar-refractivity contribution in [1.82, 2.24) is 19.4 Å². The van der Waals surface area contributed by atoms with E-state index in [1.54, 1.807) is 24.4 Å². The van der Waals surface area contributed by atoms with Crippen molar-refractivity contribution < 1.29 is 18.4 Å². The zero-order chi connectivity index (χ0) is 33.7. The SMILES string of the molecule is CCCCCCCCCCCCCCCC(=O)Oc1cccn2c(=O)c(CCN3CCC(c4noc5cc(F)ccc45)CC3)c(C)nc12. The summed E-state index contributed by atoms with van der Waals surface area (Å²) in [5.41, 5.74) is 2.98. The second kappa shape index (κ2) is 18.2. The highest BCUT2D eigenvalue weighted by Crippen LogP contribution is 2.33. The molecule has 4 aromatic rings. The number of aryl methyl sites for hydroxylation is 1. The summed E-state index contributed by atoms with van der Waals surface area (Å²) in [6.45, 7) is 6.61. The van der Waals surface area contributed by atoms with Gasteiger partial charge in [0.2, 0.25) is 0 Å². The minimum absolute atomic E-state index is 0.122. The number of hydrogen-bond acceptors (Lipinski definition) is 7. The Bertz CT molecular complexity index is 1670. The van der Waals surface area contributed by atoms with Crippen LogP contribution in [0.1, 0.15) is 133 Å². The van der Waals surface area contributed by atoms with Gasteiger partial charge in [0.25, 0.3) is 5.56 Å². The van der Waals surface area contributed by atoms with Crippen LogP contribution >= 0.6 is 0 Å². The number of pyridine rings is 1. The van der Waals surface area contributed by atoms with Gasteiger partial charge in [-0.2, -0.15) is 0 Å². The number of piperidine rings is 1. The third-order valence-electron chi connectivity index (χ3n) is 9.94. The van der Waals surface area contributed by atoms with Gasteiger partial charge in [0, 0.05) is 47.8 Å². The van der Waals surface area contributed by atoms with Gasteiger partial charge in [-0.15, -0.1) is 0 Å². The van der Waals surface area contributed by atoms with Crippen molar-refractivity contribution in [2.45, 2.75) is 129 Å². The predicted molar refractivity (Wildman–Crippen MR) is 188 cm³/mol. The average molecular weight is 661 g/mol. The molecule has 0 radical (unpaired) electrons. The number of unbranched alkanes of at least 4 members (excludes halogenated alkanes) is 12. The Kier molecular flexibility index (Phi) is 13.6. The molecule has 0 N–H and O–H groups in total. The van der Waals surface area contributed by atoms with Crippen molar-refractivity contribution in [2.24, 2.45) is 0 Å². The van der Waals surface area contributed by atoms with Gasteiger partial charge >= 0.3 is 5.97 Å². The molecule has 1 aliphatic heterocycles. The van der Waals surface area contributed by atoms with Crippen LogP contribution in [-0.4, -0.2) is 45.0 Å². The third-order valence-corrected chi connectivity index (χ3v) is 9.94. The van der Waals surface area contributed by atoms with Crippen molar-refractivity contribution in [3.63, 3.8) is 0 Å². The second-order valence-corrected chi connectivity index (χ2v) is 13.6. The van der Waals surface area contributed by atoms with Gasteiger partial charge in [-0.1, -0.05) is 89.1 Å². The van der Waals surface area contributed by atoms with Crippen molar-refractivity contribution in [2.75, 3.05) is 19.6 Å². The van der Waals surface area contributed by atoms with Gasteiger partial charge < -0.3 is 14.2 Å². The zero-order valence-corrected chi connectivity index (χ0v) is 29.0. The van der Waals surface area contributed by atoms with Crippen LogP contribution in [0.2, 0.25) is 0 Å². The summed E-state index contributed by atoms with van der Waals surface area (Å²) in [5.74, 6) is -0.0225. The molecule has 1 saturated heterocycles. The molecule has 8 nitrogen and oxygen atoms in total. The molecule has 9 heteroatoms. The van der Waals surface area contributed by atoms with Crippen molar-refractivity contribution in [3.8, 4) is 5.75 Å². The lowest BCUT2D eigenvalue weighted by Crippen LogP contribution is -2.35. The average Bonchev–Trinajstić information content (AvgIpc) is 3.50. The first-order chi connectivity index (χ1) is 23.4. The van der Waals surface area contributed by atoms with E-state index in [9.17, 15) is 14.0 Å². The highest BCUT2D eigenvalue weighted by molar-refractivity contribution is 5.80. The van der Waals surface area contributed by atoms with E-state index in [-0.39, 0.29) is 23.3 Å². The maximum absolute atomic E-state index is 13.6. The molecule has 260 valence electrons. The molecular weight excluding hydrogens is 607 g/mol. The van der Waals surface area contributed by atoms with E-state index < -0.39 is 0 Å². The number of esters is 1. The lowest BCUT2D eigenvalue weighted by molar-refractivity contribution is -0.134. The number of aromatic nitrogens is 3. The Morgan fingerprint density at radius 3 is 2.31 bits per heavy atom. The number of benzene rings is 1. The number of ether oxygens (including phenoxy) is 1. The minimum Gasteiger partial charge on any atom is -0.423 e. The summed E-state index contributed by atoms with van der Waals surface area (Å²) in [4.78, 5) is 33.3. The molecule has 0 saturated carbocycles. The molecule has 0 atom stereocenters. The molecule has 1 fully saturated rings. The Morgan fingerprint density at radius 1 is 0.958 bits per heavy atom. The summed E-state index contributed by atoms with van der Waals surface area (Å²) in [7, 11) is 0. The standard InChI is InChI=1S/C39H53FN4O4/c1-3-4-5-6-7-8-9-10-11-12-13-14-15-18-36(45)47-34-17-16-24-44-38(34)41-29(2)32(39(44)46)23-27-43-25-21-30(22-26-43)37-33-20-19-31(40)28-35(33)48-42-37/h16-17,19-20,24,28,30H,3-15,18,21-23,25-27H2,1-2H3. The van der Waals surface area contributed by atoms with E-state index in [0.29, 0.717) is 41.1 Å². The number of carbonyl (C=O) groups is 1. The first kappa shape index (κ1) is 35.7. The molecule has 0 amide bonds. The smallest absolute Gasteiger partial charge is 0.311 e. The van der Waals surface area contributed by atoms with Crippen LogP contribution < -0.4 is 10.3 Å². The van der Waals surface area contributed by atoms with E-state index in [4.69, 9.17) is 14.2 Å². The van der Waals surface area contributed by atoms with Crippen LogP contribution in [0, 0.1) is 12.7 Å². The molecule has 0 aliphatic carbocycles. The topological polar surface area (TPSA) is 89.9 Å². The van der Waals surface area contributed by atoms with Gasteiger partial charge in [0.15, 0.2) is 17.0 Å². The van der Waals surface area contributed by atoms with Crippen LogP contribution in [-0.2, 0) is 11.2 Å². The monoisotopic (exact) mass is 660 g/mol. The molecule has 5 rings (SSSR count). The summed E-state index contributed by atoms with van der Waals surface area (Å²) in [5, 5.41) is 5.14. The number of hydrogen-bond donors (Lipinski definition) is 0. The van der Waals surface area contributed by atoms with Crippen LogP contribution in [0.25, 0.3) is 16.6 Å². The van der Waals surface area contributed by atoms with Gasteiger partial charge in [0.1, 0.15) is 5.82 Å². The molecule has 1 aromatic carbocycles. The third kappa shape index (κ3) is 9.74. The first-order valence-electron chi connectivity index (χ1n) is 18.4. The van der Waals surface area contributed by atoms with Gasteiger partial charge in [-0.25, -0.2) is 9.37 Å². The highest BCUT2D eigenvalue weighted by atomic mass is 19.1. The molecule has 0 unspecified atom stereocenters. The van der Waals surface area contributed by atoms with E-state index in [1.165, 1.54) is 80.7 Å². The van der Waals surface area contributed by atoms with Crippen LogP contribution in [0.3, 0.4) is 0 Å². The number of nitrogens with zero attached hydrogens (tertiary/aromatic N) is 4. The Hall–Kier alpha value is -3.59. The van der Waals surface area contributed by atoms with Crippen molar-refractivity contribution in [1.29, 1.82) is 0 Å². The number of fused-ring (bicyclic) bond motifs is 2. The Morgan fingerprint density at radius 2 is 1.62 bits per heavy atom. The fourth-order valence-corrected chi connectivity index (χ4v) is 7.03. The fourth-order valence-electron chi connectivity index (χ4n) is 7.03. The highest BCUT2D eigenvalue weighted by Gasteiger charge is 2.25. The zero-order valence-electron chi connectivity index (χ0n) is 29.0. The van der Waals surface area contributed by atoms with E-state index in [2.05, 4.69) is 17.0 Å². The molecule has 1 aliphatic rings. The summed E-state index contributed by atoms with van der Waals surface area (Å²) in [6, 6.07) is 8.02. The van der Waals surface area contributed by atoms with Crippen LogP contribution in [0.5, 0.6) is 5.75 Å². The first-order valence-corrected chi connectivity index (χ1v) is 18.4. The van der Waals surface area contributed by atoms with Crippen molar-refractivity contribution >= 4 is 22.6 Å². The number of rotatable bonds is 19. The van der Waals surface area contributed by atoms with Crippen LogP contribution in [0.15, 0.2) is 45.8 Å². The summed E-state index contributed by atoms with van der Waals surface area (Å²) in [6.07, 6.45) is 20.8. The largest absolute Gasteiger partial charge is 0.423 e. The normalized spacial score (nSPS) is 14.3. The molecule has 3 aromatic heterocycles. The van der Waals surface area contributed by atoms with E-state index in [0.717, 1.165) is 62.8 Å². The van der Waals surface area contributed by atoms with E-state index >= 15 is 0 Å². The fraction of sp³-hybridized carbons (Fsp3) is 0.590. The van der Waals surface area contributed by atoms with Gasteiger partial charge in [0.05, 0.1) is 5.69 Å². The maximum atomic E-state index is 13.6. The predicted octanol–water partition coefficient (Wildman–Crippen LogP) is 9.09. The lowest BCUT2D eigenvalue weighted by atomic mass is 9.91. The Balaban J connectivity index is 1.04. The van der Waals surface area contributed by atoms with Crippen LogP contribution in [0.4, 0.5) is 4.39 Å². The molecule has 0 bridgehead atoms. The Labute approximate surface area is 284 Å². The number of halogens is 1. The summed E-state index contributed by atoms with van der Waals surface area (Å²) >= 11 is 0. The molecule has 48 heavy (non-hydrogen) atoms. The molecule has 0 spiro atoms. The quantitative estimate of drug-likeness (QED) is 0.0732. The maximum Gasteiger partial charge on any atom is 0.311 e. The lowest BCUT2D eigenvalue weighted by Gasteiger charge is -2.31. The molecular formula is C39H53FN4O4. The van der Waals surface area contributed by atoms with Gasteiger partial charge in [-0.05, 0) is 70.0 Å². The second-order valence-electron chi connectivity index (χ2n) is 13.6. The van der Waals surface area contributed by atoms with Gasteiger partial charge in [-0.3, -0.25) is 14.0 Å². The summed E-state index contributed by atoms with van der Waals surface area (Å²) < 4.78 is 26.2. The number of likely N-dealkylation sites (tertiary alicyclic amines) is 1. The minimum atomic E-state index is -0.327. The molecule has 4 heterocycles.